The van der Waals surface area contributed by atoms with Crippen LogP contribution in [0, 0.1) is 11.3 Å². The average molecular weight is 229 g/mol. The maximum atomic E-state index is 3.46. The van der Waals surface area contributed by atoms with Gasteiger partial charge in [0, 0.05) is 6.04 Å². The molecule has 0 bridgehead atoms. The van der Waals surface area contributed by atoms with Crippen LogP contribution in [0.25, 0.3) is 0 Å². The minimum atomic E-state index is 0.591. The topological polar surface area (TPSA) is 12.0 Å². The van der Waals surface area contributed by atoms with Crippen molar-refractivity contribution in [3.05, 3.63) is 35.9 Å². The second-order valence-electron chi connectivity index (χ2n) is 6.24. The Kier molecular flexibility index (Phi) is 2.74. The molecule has 0 amide bonds. The molecule has 1 nitrogen and oxygen atoms in total. The molecular formula is C16H23N. The quantitative estimate of drug-likeness (QED) is 0.835. The molecule has 4 unspecified atom stereocenters. The van der Waals surface area contributed by atoms with E-state index in [0.29, 0.717) is 5.41 Å². The van der Waals surface area contributed by atoms with E-state index in [1.165, 1.54) is 25.7 Å². The third-order valence-corrected chi connectivity index (χ3v) is 5.10. The van der Waals surface area contributed by atoms with Gasteiger partial charge in [-0.1, -0.05) is 37.3 Å². The van der Waals surface area contributed by atoms with Gasteiger partial charge in [0.2, 0.25) is 0 Å². The van der Waals surface area contributed by atoms with Gasteiger partial charge in [-0.05, 0) is 55.5 Å². The third kappa shape index (κ3) is 2.01. The van der Waals surface area contributed by atoms with Crippen molar-refractivity contribution in [2.45, 2.75) is 44.6 Å². The molecule has 2 saturated carbocycles. The Hall–Kier alpha value is -0.820. The predicted octanol–water partition coefficient (Wildman–Crippen LogP) is 3.57. The summed E-state index contributed by atoms with van der Waals surface area (Å²) >= 11 is 0. The molecule has 1 aromatic rings. The molecule has 1 aromatic carbocycles. The Morgan fingerprint density at radius 3 is 2.65 bits per heavy atom. The van der Waals surface area contributed by atoms with Crippen molar-refractivity contribution in [2.24, 2.45) is 11.3 Å². The maximum Gasteiger partial charge on any atom is 0.00695 e. The van der Waals surface area contributed by atoms with Gasteiger partial charge in [-0.3, -0.25) is 0 Å². The molecule has 0 spiro atoms. The van der Waals surface area contributed by atoms with Crippen molar-refractivity contribution >= 4 is 0 Å². The summed E-state index contributed by atoms with van der Waals surface area (Å²) in [4.78, 5) is 0. The Labute approximate surface area is 105 Å². The number of benzene rings is 1. The first-order valence-electron chi connectivity index (χ1n) is 6.95. The molecule has 92 valence electrons. The average Bonchev–Trinajstić information content (AvgIpc) is 3.09. The maximum absolute atomic E-state index is 3.46. The zero-order valence-corrected chi connectivity index (χ0v) is 10.9. The zero-order chi connectivity index (χ0) is 11.9. The van der Waals surface area contributed by atoms with Gasteiger partial charge in [0.05, 0.1) is 0 Å². The standard InChI is InChI=1S/C16H23N/c1-16(9-8-13(11-16)17-2)15-10-14(15)12-6-4-3-5-7-12/h3-7,13-15,17H,8-11H2,1-2H3. The summed E-state index contributed by atoms with van der Waals surface area (Å²) in [6.45, 7) is 2.51. The van der Waals surface area contributed by atoms with Crippen LogP contribution in [-0.4, -0.2) is 13.1 Å². The molecular weight excluding hydrogens is 206 g/mol. The van der Waals surface area contributed by atoms with E-state index in [-0.39, 0.29) is 0 Å². The number of rotatable bonds is 3. The molecule has 1 N–H and O–H groups in total. The van der Waals surface area contributed by atoms with Gasteiger partial charge in [0.15, 0.2) is 0 Å². The summed E-state index contributed by atoms with van der Waals surface area (Å²) in [5, 5.41) is 3.46. The van der Waals surface area contributed by atoms with E-state index in [4.69, 9.17) is 0 Å². The van der Waals surface area contributed by atoms with Crippen molar-refractivity contribution in [3.8, 4) is 0 Å². The Morgan fingerprint density at radius 1 is 1.24 bits per heavy atom. The van der Waals surface area contributed by atoms with Crippen LogP contribution in [0.4, 0.5) is 0 Å². The molecule has 0 aliphatic heterocycles. The fourth-order valence-electron chi connectivity index (χ4n) is 3.89. The highest BCUT2D eigenvalue weighted by atomic mass is 14.9. The molecule has 2 fully saturated rings. The predicted molar refractivity (Wildman–Crippen MR) is 72.1 cm³/mol. The van der Waals surface area contributed by atoms with E-state index in [0.717, 1.165) is 17.9 Å². The molecule has 3 rings (SSSR count). The summed E-state index contributed by atoms with van der Waals surface area (Å²) in [6, 6.07) is 11.8. The van der Waals surface area contributed by atoms with Crippen molar-refractivity contribution in [2.75, 3.05) is 7.05 Å². The van der Waals surface area contributed by atoms with Crippen molar-refractivity contribution in [1.29, 1.82) is 0 Å². The minimum Gasteiger partial charge on any atom is -0.317 e. The first-order valence-corrected chi connectivity index (χ1v) is 6.95. The van der Waals surface area contributed by atoms with Gasteiger partial charge in [-0.15, -0.1) is 0 Å². The highest BCUT2D eigenvalue weighted by Crippen LogP contribution is 2.62. The number of nitrogens with one attached hydrogen (secondary N) is 1. The van der Waals surface area contributed by atoms with Gasteiger partial charge in [0.1, 0.15) is 0 Å². The van der Waals surface area contributed by atoms with Crippen LogP contribution >= 0.6 is 0 Å². The third-order valence-electron chi connectivity index (χ3n) is 5.10. The lowest BCUT2D eigenvalue weighted by atomic mass is 9.81. The zero-order valence-electron chi connectivity index (χ0n) is 10.9. The molecule has 4 atom stereocenters. The molecule has 17 heavy (non-hydrogen) atoms. The fourth-order valence-corrected chi connectivity index (χ4v) is 3.89. The minimum absolute atomic E-state index is 0.591. The van der Waals surface area contributed by atoms with E-state index in [2.05, 4.69) is 49.6 Å². The molecule has 0 aromatic heterocycles. The van der Waals surface area contributed by atoms with Crippen LogP contribution < -0.4 is 5.32 Å². The summed E-state index contributed by atoms with van der Waals surface area (Å²) in [5.74, 6) is 1.78. The summed E-state index contributed by atoms with van der Waals surface area (Å²) in [5.41, 5.74) is 2.15. The molecule has 0 saturated heterocycles. The van der Waals surface area contributed by atoms with E-state index >= 15 is 0 Å². The normalized spacial score (nSPS) is 40.5. The van der Waals surface area contributed by atoms with Gasteiger partial charge >= 0.3 is 0 Å². The lowest BCUT2D eigenvalue weighted by Gasteiger charge is -2.25. The van der Waals surface area contributed by atoms with Crippen LogP contribution in [0.2, 0.25) is 0 Å². The van der Waals surface area contributed by atoms with E-state index < -0.39 is 0 Å². The van der Waals surface area contributed by atoms with Crippen molar-refractivity contribution < 1.29 is 0 Å². The van der Waals surface area contributed by atoms with Gasteiger partial charge in [0.25, 0.3) is 0 Å². The summed E-state index contributed by atoms with van der Waals surface area (Å²) in [6.07, 6.45) is 5.56. The Bertz CT molecular complexity index is 386. The van der Waals surface area contributed by atoms with Crippen molar-refractivity contribution in [1.82, 2.24) is 5.32 Å². The second kappa shape index (κ2) is 4.13. The van der Waals surface area contributed by atoms with Crippen molar-refractivity contribution in [3.63, 3.8) is 0 Å². The van der Waals surface area contributed by atoms with Crippen LogP contribution in [0.5, 0.6) is 0 Å². The molecule has 2 aliphatic carbocycles. The van der Waals surface area contributed by atoms with Crippen LogP contribution in [0.3, 0.4) is 0 Å². The van der Waals surface area contributed by atoms with Crippen LogP contribution in [0.15, 0.2) is 30.3 Å². The second-order valence-corrected chi connectivity index (χ2v) is 6.24. The highest BCUT2D eigenvalue weighted by molar-refractivity contribution is 5.27. The smallest absolute Gasteiger partial charge is 0.00695 e. The number of hydrogen-bond acceptors (Lipinski definition) is 1. The SMILES string of the molecule is CNC1CCC(C)(C2CC2c2ccccc2)C1. The van der Waals surface area contributed by atoms with Crippen LogP contribution in [-0.2, 0) is 0 Å². The van der Waals surface area contributed by atoms with E-state index in [1.54, 1.807) is 5.56 Å². The molecule has 0 radical (unpaired) electrons. The fraction of sp³-hybridized carbons (Fsp3) is 0.625. The lowest BCUT2D eigenvalue weighted by Crippen LogP contribution is -2.24. The molecule has 1 heteroatoms. The molecule has 0 heterocycles. The van der Waals surface area contributed by atoms with Gasteiger partial charge in [-0.25, -0.2) is 0 Å². The first-order chi connectivity index (χ1) is 8.23. The highest BCUT2D eigenvalue weighted by Gasteiger charge is 2.52. The summed E-state index contributed by atoms with van der Waals surface area (Å²) in [7, 11) is 2.11. The van der Waals surface area contributed by atoms with Gasteiger partial charge < -0.3 is 5.32 Å². The molecule has 2 aliphatic rings. The lowest BCUT2D eigenvalue weighted by molar-refractivity contribution is 0.270. The van der Waals surface area contributed by atoms with Crippen LogP contribution in [0.1, 0.15) is 44.1 Å². The van der Waals surface area contributed by atoms with Gasteiger partial charge in [-0.2, -0.15) is 0 Å². The van der Waals surface area contributed by atoms with E-state index in [1.807, 2.05) is 0 Å². The van der Waals surface area contributed by atoms with E-state index in [9.17, 15) is 0 Å². The Balaban J connectivity index is 1.69. The Morgan fingerprint density at radius 2 is 2.00 bits per heavy atom. The summed E-state index contributed by atoms with van der Waals surface area (Å²) < 4.78 is 0. The largest absolute Gasteiger partial charge is 0.317 e. The first kappa shape index (κ1) is 11.3. The monoisotopic (exact) mass is 229 g/mol. The number of hydrogen-bond donors (Lipinski definition) is 1.